The van der Waals surface area contributed by atoms with Crippen LogP contribution in [0.5, 0.6) is 0 Å². The number of aromatic nitrogens is 1. The molecular formula is C21H39N5S. The predicted octanol–water partition coefficient (Wildman–Crippen LogP) is 4.04. The molecule has 0 amide bonds. The fourth-order valence-electron chi connectivity index (χ4n) is 3.63. The number of nitrogens with zero attached hydrogens (tertiary/aromatic N) is 3. The number of aryl methyl sites for hydroxylation is 1. The van der Waals surface area contributed by atoms with Gasteiger partial charge in [0.25, 0.3) is 0 Å². The van der Waals surface area contributed by atoms with E-state index in [4.69, 9.17) is 0 Å². The Morgan fingerprint density at radius 3 is 2.63 bits per heavy atom. The van der Waals surface area contributed by atoms with Crippen molar-refractivity contribution < 1.29 is 0 Å². The molecule has 2 rings (SSSR count). The number of nitrogens with one attached hydrogen (secondary N) is 2. The first-order chi connectivity index (χ1) is 13.0. The lowest BCUT2D eigenvalue weighted by Gasteiger charge is -2.32. The second-order valence-corrected chi connectivity index (χ2v) is 9.46. The molecule has 1 aliphatic rings. The van der Waals surface area contributed by atoms with Crippen molar-refractivity contribution in [3.8, 4) is 0 Å². The van der Waals surface area contributed by atoms with Crippen molar-refractivity contribution in [2.24, 2.45) is 16.8 Å². The van der Waals surface area contributed by atoms with Gasteiger partial charge in [-0.3, -0.25) is 9.89 Å². The van der Waals surface area contributed by atoms with Crippen molar-refractivity contribution in [1.29, 1.82) is 0 Å². The summed E-state index contributed by atoms with van der Waals surface area (Å²) in [6.07, 6.45) is 6.28. The van der Waals surface area contributed by atoms with Crippen LogP contribution in [0.2, 0.25) is 0 Å². The summed E-state index contributed by atoms with van der Waals surface area (Å²) in [6, 6.07) is 0.471. The van der Waals surface area contributed by atoms with Crippen molar-refractivity contribution in [1.82, 2.24) is 20.5 Å². The Hall–Kier alpha value is -1.14. The van der Waals surface area contributed by atoms with Crippen LogP contribution in [-0.2, 0) is 6.54 Å². The highest BCUT2D eigenvalue weighted by Crippen LogP contribution is 2.19. The first-order valence-corrected chi connectivity index (χ1v) is 11.4. The summed E-state index contributed by atoms with van der Waals surface area (Å²) in [4.78, 5) is 11.5. The van der Waals surface area contributed by atoms with E-state index >= 15 is 0 Å². The molecule has 0 aliphatic carbocycles. The number of hydrogen-bond acceptors (Lipinski definition) is 4. The Labute approximate surface area is 170 Å². The Bertz CT molecular complexity index is 561. The van der Waals surface area contributed by atoms with Gasteiger partial charge in [-0.25, -0.2) is 4.98 Å². The first kappa shape index (κ1) is 22.2. The van der Waals surface area contributed by atoms with Crippen LogP contribution in [-0.4, -0.2) is 48.6 Å². The Morgan fingerprint density at radius 1 is 1.30 bits per heavy atom. The van der Waals surface area contributed by atoms with Gasteiger partial charge < -0.3 is 10.6 Å². The zero-order chi connectivity index (χ0) is 19.6. The van der Waals surface area contributed by atoms with Gasteiger partial charge in [0, 0.05) is 31.6 Å². The third kappa shape index (κ3) is 8.60. The molecule has 1 aromatic rings. The van der Waals surface area contributed by atoms with Crippen LogP contribution in [0.3, 0.4) is 0 Å². The zero-order valence-electron chi connectivity index (χ0n) is 17.9. The van der Waals surface area contributed by atoms with Gasteiger partial charge in [0.2, 0.25) is 0 Å². The molecule has 0 spiro atoms. The monoisotopic (exact) mass is 393 g/mol. The fraction of sp³-hybridized carbons (Fsp3) is 0.810. The molecule has 1 unspecified atom stereocenters. The molecule has 0 bridgehead atoms. The van der Waals surface area contributed by atoms with E-state index < -0.39 is 0 Å². The number of thiazole rings is 1. The molecule has 0 saturated carbocycles. The molecule has 2 heterocycles. The summed E-state index contributed by atoms with van der Waals surface area (Å²) in [5, 5.41) is 10.5. The molecule has 6 heteroatoms. The maximum absolute atomic E-state index is 4.59. The van der Waals surface area contributed by atoms with Crippen LogP contribution in [0.15, 0.2) is 10.4 Å². The Morgan fingerprint density at radius 2 is 2.04 bits per heavy atom. The van der Waals surface area contributed by atoms with E-state index in [1.54, 1.807) is 11.3 Å². The van der Waals surface area contributed by atoms with E-state index in [0.717, 1.165) is 30.9 Å². The van der Waals surface area contributed by atoms with E-state index in [1.165, 1.54) is 55.9 Å². The Balaban J connectivity index is 1.62. The smallest absolute Gasteiger partial charge is 0.191 e. The minimum atomic E-state index is 0.471. The summed E-state index contributed by atoms with van der Waals surface area (Å²) in [5.74, 6) is 2.47. The van der Waals surface area contributed by atoms with Gasteiger partial charge in [-0.2, -0.15) is 0 Å². The largest absolute Gasteiger partial charge is 0.356 e. The van der Waals surface area contributed by atoms with Crippen molar-refractivity contribution in [2.45, 2.75) is 72.4 Å². The fourth-order valence-corrected chi connectivity index (χ4v) is 4.24. The minimum absolute atomic E-state index is 0.471. The third-order valence-electron chi connectivity index (χ3n) is 5.34. The van der Waals surface area contributed by atoms with Gasteiger partial charge in [-0.15, -0.1) is 11.3 Å². The van der Waals surface area contributed by atoms with Gasteiger partial charge >= 0.3 is 0 Å². The average molecular weight is 394 g/mol. The van der Waals surface area contributed by atoms with Crippen LogP contribution in [0.4, 0.5) is 0 Å². The molecule has 1 atom stereocenters. The van der Waals surface area contributed by atoms with Gasteiger partial charge in [0.05, 0.1) is 10.7 Å². The SMILES string of the molecule is CN=C(NCC1CCN(Cc2csc(C)n2)CC1)NC(C)CCCC(C)C. The van der Waals surface area contributed by atoms with Crippen molar-refractivity contribution in [2.75, 3.05) is 26.7 Å². The molecule has 2 N–H and O–H groups in total. The molecule has 1 fully saturated rings. The molecule has 0 radical (unpaired) electrons. The molecular weight excluding hydrogens is 354 g/mol. The van der Waals surface area contributed by atoms with Gasteiger partial charge in [-0.1, -0.05) is 26.7 Å². The predicted molar refractivity (Wildman–Crippen MR) is 118 cm³/mol. The van der Waals surface area contributed by atoms with Gasteiger partial charge in [0.15, 0.2) is 5.96 Å². The maximum Gasteiger partial charge on any atom is 0.191 e. The van der Waals surface area contributed by atoms with Crippen LogP contribution < -0.4 is 10.6 Å². The zero-order valence-corrected chi connectivity index (χ0v) is 18.7. The molecule has 154 valence electrons. The molecule has 5 nitrogen and oxygen atoms in total. The summed E-state index contributed by atoms with van der Waals surface area (Å²) in [7, 11) is 1.87. The molecule has 1 aromatic heterocycles. The molecule has 0 aromatic carbocycles. The van der Waals surface area contributed by atoms with Crippen LogP contribution in [0.1, 0.15) is 63.6 Å². The van der Waals surface area contributed by atoms with Crippen molar-refractivity contribution in [3.63, 3.8) is 0 Å². The van der Waals surface area contributed by atoms with Gasteiger partial charge in [-0.05, 0) is 58.0 Å². The summed E-state index contributed by atoms with van der Waals surface area (Å²) in [5.41, 5.74) is 1.23. The number of aliphatic imine (C=N–C) groups is 1. The van der Waals surface area contributed by atoms with E-state index in [0.29, 0.717) is 6.04 Å². The molecule has 27 heavy (non-hydrogen) atoms. The lowest BCUT2D eigenvalue weighted by molar-refractivity contribution is 0.176. The lowest BCUT2D eigenvalue weighted by atomic mass is 9.97. The van der Waals surface area contributed by atoms with Crippen LogP contribution in [0, 0.1) is 18.8 Å². The Kier molecular flexibility index (Phi) is 9.56. The number of guanidine groups is 1. The summed E-state index contributed by atoms with van der Waals surface area (Å²) >= 11 is 1.75. The number of hydrogen-bond donors (Lipinski definition) is 2. The summed E-state index contributed by atoms with van der Waals surface area (Å²) < 4.78 is 0. The minimum Gasteiger partial charge on any atom is -0.356 e. The number of piperidine rings is 1. The summed E-state index contributed by atoms with van der Waals surface area (Å²) in [6.45, 7) is 13.3. The normalized spacial score (nSPS) is 18.1. The molecule has 1 saturated heterocycles. The second kappa shape index (κ2) is 11.6. The highest BCUT2D eigenvalue weighted by Gasteiger charge is 2.20. The van der Waals surface area contributed by atoms with E-state index in [1.807, 2.05) is 7.05 Å². The highest BCUT2D eigenvalue weighted by molar-refractivity contribution is 7.09. The first-order valence-electron chi connectivity index (χ1n) is 10.6. The van der Waals surface area contributed by atoms with E-state index in [-0.39, 0.29) is 0 Å². The number of rotatable bonds is 9. The quantitative estimate of drug-likeness (QED) is 0.491. The van der Waals surface area contributed by atoms with Crippen LogP contribution >= 0.6 is 11.3 Å². The topological polar surface area (TPSA) is 52.6 Å². The van der Waals surface area contributed by atoms with E-state index in [2.05, 4.69) is 58.6 Å². The van der Waals surface area contributed by atoms with E-state index in [9.17, 15) is 0 Å². The van der Waals surface area contributed by atoms with Crippen molar-refractivity contribution >= 4 is 17.3 Å². The van der Waals surface area contributed by atoms with Crippen molar-refractivity contribution in [3.05, 3.63) is 16.1 Å². The van der Waals surface area contributed by atoms with Crippen LogP contribution in [0.25, 0.3) is 0 Å². The number of likely N-dealkylation sites (tertiary alicyclic amines) is 1. The molecule has 1 aliphatic heterocycles. The second-order valence-electron chi connectivity index (χ2n) is 8.40. The maximum atomic E-state index is 4.59. The lowest BCUT2D eigenvalue weighted by Crippen LogP contribution is -2.45. The highest BCUT2D eigenvalue weighted by atomic mass is 32.1. The standard InChI is InChI=1S/C21H39N5S/c1-16(2)7-6-8-17(3)24-21(22-5)23-13-19-9-11-26(12-10-19)14-20-15-27-18(4)25-20/h15-17,19H,6-14H2,1-5H3,(H2,22,23,24). The van der Waals surface area contributed by atoms with Gasteiger partial charge in [0.1, 0.15) is 0 Å². The third-order valence-corrected chi connectivity index (χ3v) is 6.17. The average Bonchev–Trinajstić information content (AvgIpc) is 3.04.